The van der Waals surface area contributed by atoms with Gasteiger partial charge in [-0.1, -0.05) is 49.1 Å². The normalized spacial score (nSPS) is 16.4. The van der Waals surface area contributed by atoms with Crippen LogP contribution < -0.4 is 0 Å². The van der Waals surface area contributed by atoms with Crippen LogP contribution in [0.1, 0.15) is 37.8 Å². The summed E-state index contributed by atoms with van der Waals surface area (Å²) in [5.74, 6) is 0.391. The van der Waals surface area contributed by atoms with E-state index in [2.05, 4.69) is 60.9 Å². The number of allylic oxidation sites excluding steroid dienone is 3. The average molecular weight is 364 g/mol. The molecule has 0 aromatic heterocycles. The summed E-state index contributed by atoms with van der Waals surface area (Å²) >= 11 is 0. The zero-order valence-electron chi connectivity index (χ0n) is 16.5. The summed E-state index contributed by atoms with van der Waals surface area (Å²) in [7, 11) is 1.55. The largest absolute Gasteiger partial charge is 0.505 e. The maximum absolute atomic E-state index is 9.57. The van der Waals surface area contributed by atoms with Crippen LogP contribution in [0.25, 0.3) is 10.8 Å². The summed E-state index contributed by atoms with van der Waals surface area (Å²) in [5, 5.41) is 12.3. The highest BCUT2D eigenvalue weighted by atomic mass is 16.5. The third-order valence-electron chi connectivity index (χ3n) is 5.54. The van der Waals surface area contributed by atoms with Crippen LogP contribution in [0.3, 0.4) is 0 Å². The molecule has 0 unspecified atom stereocenters. The van der Waals surface area contributed by atoms with E-state index >= 15 is 0 Å². The molecule has 1 heterocycles. The Balaban J connectivity index is 1.66. The quantitative estimate of drug-likeness (QED) is 0.493. The monoisotopic (exact) mass is 363 g/mol. The summed E-state index contributed by atoms with van der Waals surface area (Å²) in [4.78, 5) is 2.55. The molecule has 142 valence electrons. The van der Waals surface area contributed by atoms with Crippen molar-refractivity contribution in [1.82, 2.24) is 4.90 Å². The molecule has 0 spiro atoms. The molecule has 0 radical (unpaired) electrons. The zero-order chi connectivity index (χ0) is 19.4. The van der Waals surface area contributed by atoms with Crippen LogP contribution in [0, 0.1) is 0 Å². The zero-order valence-corrected chi connectivity index (χ0v) is 16.5. The maximum Gasteiger partial charge on any atom is 0.160 e. The van der Waals surface area contributed by atoms with Gasteiger partial charge in [-0.3, -0.25) is 4.90 Å². The molecule has 0 aliphatic carbocycles. The number of nitrogens with zero attached hydrogens (tertiary/aromatic N) is 1. The lowest BCUT2D eigenvalue weighted by atomic mass is 10.0. The van der Waals surface area contributed by atoms with Gasteiger partial charge in [0.15, 0.2) is 5.76 Å². The van der Waals surface area contributed by atoms with Gasteiger partial charge in [-0.05, 0) is 60.2 Å². The SMILES string of the molecule is C=C(O)/C(=C\C(=C/C)CC[C@@H](C)N1Cc2ccc3ccccc3c2C1)OC. The Hall–Kier alpha value is -2.52. The van der Waals surface area contributed by atoms with Crippen LogP contribution in [-0.4, -0.2) is 23.2 Å². The Kier molecular flexibility index (Phi) is 6.02. The van der Waals surface area contributed by atoms with Gasteiger partial charge in [0.1, 0.15) is 5.76 Å². The minimum Gasteiger partial charge on any atom is -0.505 e. The van der Waals surface area contributed by atoms with Crippen LogP contribution in [-0.2, 0) is 17.8 Å². The van der Waals surface area contributed by atoms with Gasteiger partial charge in [-0.2, -0.15) is 0 Å². The first-order chi connectivity index (χ1) is 13.0. The summed E-state index contributed by atoms with van der Waals surface area (Å²) < 4.78 is 5.19. The summed E-state index contributed by atoms with van der Waals surface area (Å²) in [6.07, 6.45) is 5.94. The number of aliphatic hydroxyl groups is 1. The molecule has 0 amide bonds. The van der Waals surface area contributed by atoms with Gasteiger partial charge in [-0.25, -0.2) is 0 Å². The molecule has 0 saturated carbocycles. The van der Waals surface area contributed by atoms with E-state index in [9.17, 15) is 5.11 Å². The molecule has 0 bridgehead atoms. The number of fused-ring (bicyclic) bond motifs is 3. The molecule has 2 aromatic carbocycles. The maximum atomic E-state index is 9.57. The molecule has 0 fully saturated rings. The van der Waals surface area contributed by atoms with E-state index in [0.717, 1.165) is 31.5 Å². The van der Waals surface area contributed by atoms with Crippen LogP contribution in [0.5, 0.6) is 0 Å². The van der Waals surface area contributed by atoms with Crippen LogP contribution in [0.15, 0.2) is 72.2 Å². The summed E-state index contributed by atoms with van der Waals surface area (Å²) in [6, 6.07) is 13.6. The fourth-order valence-electron chi connectivity index (χ4n) is 3.79. The molecule has 27 heavy (non-hydrogen) atoms. The highest BCUT2D eigenvalue weighted by molar-refractivity contribution is 5.87. The lowest BCUT2D eigenvalue weighted by molar-refractivity contribution is 0.203. The van der Waals surface area contributed by atoms with Crippen LogP contribution >= 0.6 is 0 Å². The predicted octanol–water partition coefficient (Wildman–Crippen LogP) is 5.87. The Morgan fingerprint density at radius 1 is 1.26 bits per heavy atom. The van der Waals surface area contributed by atoms with E-state index < -0.39 is 0 Å². The Bertz CT molecular complexity index is 894. The summed E-state index contributed by atoms with van der Waals surface area (Å²) in [5.41, 5.74) is 4.07. The fourth-order valence-corrected chi connectivity index (χ4v) is 3.79. The molecule has 0 saturated heterocycles. The van der Waals surface area contributed by atoms with Crippen molar-refractivity contribution in [2.45, 2.75) is 45.8 Å². The average Bonchev–Trinajstić information content (AvgIpc) is 3.12. The third kappa shape index (κ3) is 4.25. The van der Waals surface area contributed by atoms with E-state index in [1.807, 2.05) is 13.0 Å². The van der Waals surface area contributed by atoms with Crippen molar-refractivity contribution in [2.24, 2.45) is 0 Å². The van der Waals surface area contributed by atoms with E-state index in [4.69, 9.17) is 4.74 Å². The number of hydrogen-bond acceptors (Lipinski definition) is 3. The number of benzene rings is 2. The van der Waals surface area contributed by atoms with Crippen molar-refractivity contribution in [3.63, 3.8) is 0 Å². The molecule has 3 nitrogen and oxygen atoms in total. The molecule has 3 rings (SSSR count). The van der Waals surface area contributed by atoms with Crippen molar-refractivity contribution in [3.05, 3.63) is 83.3 Å². The second kappa shape index (κ2) is 8.45. The first-order valence-electron chi connectivity index (χ1n) is 9.56. The minimum atomic E-state index is -0.0354. The molecule has 1 aliphatic rings. The lowest BCUT2D eigenvalue weighted by Crippen LogP contribution is -2.27. The molecule has 2 aromatic rings. The molecule has 1 N–H and O–H groups in total. The van der Waals surface area contributed by atoms with E-state index in [-0.39, 0.29) is 5.76 Å². The van der Waals surface area contributed by atoms with Gasteiger partial charge in [0, 0.05) is 19.1 Å². The minimum absolute atomic E-state index is 0.0354. The number of hydrogen-bond donors (Lipinski definition) is 1. The molecule has 3 heteroatoms. The van der Waals surface area contributed by atoms with Gasteiger partial charge in [0.25, 0.3) is 0 Å². The van der Waals surface area contributed by atoms with Crippen molar-refractivity contribution >= 4 is 10.8 Å². The van der Waals surface area contributed by atoms with Gasteiger partial charge < -0.3 is 9.84 Å². The topological polar surface area (TPSA) is 32.7 Å². The number of methoxy groups -OCH3 is 1. The van der Waals surface area contributed by atoms with E-state index in [1.165, 1.54) is 21.9 Å². The van der Waals surface area contributed by atoms with Gasteiger partial charge in [-0.15, -0.1) is 0 Å². The molecular formula is C24H29NO2. The summed E-state index contributed by atoms with van der Waals surface area (Å²) in [6.45, 7) is 9.88. The van der Waals surface area contributed by atoms with Crippen molar-refractivity contribution in [1.29, 1.82) is 0 Å². The van der Waals surface area contributed by atoms with Crippen LogP contribution in [0.4, 0.5) is 0 Å². The highest BCUT2D eigenvalue weighted by Gasteiger charge is 2.24. The second-order valence-corrected chi connectivity index (χ2v) is 7.24. The van der Waals surface area contributed by atoms with Crippen molar-refractivity contribution in [3.8, 4) is 0 Å². The number of ether oxygens (including phenoxy) is 1. The first-order valence-corrected chi connectivity index (χ1v) is 9.56. The first kappa shape index (κ1) is 19.2. The molecule has 1 aliphatic heterocycles. The number of aliphatic hydroxyl groups excluding tert-OH is 1. The van der Waals surface area contributed by atoms with E-state index in [1.54, 1.807) is 7.11 Å². The Morgan fingerprint density at radius 2 is 2.04 bits per heavy atom. The Morgan fingerprint density at radius 3 is 2.74 bits per heavy atom. The fraction of sp³-hybridized carbons (Fsp3) is 0.333. The van der Waals surface area contributed by atoms with Gasteiger partial charge in [0.2, 0.25) is 0 Å². The van der Waals surface area contributed by atoms with Gasteiger partial charge >= 0.3 is 0 Å². The van der Waals surface area contributed by atoms with Crippen molar-refractivity contribution in [2.75, 3.05) is 7.11 Å². The smallest absolute Gasteiger partial charge is 0.160 e. The molecule has 1 atom stereocenters. The number of rotatable bonds is 7. The van der Waals surface area contributed by atoms with Crippen molar-refractivity contribution < 1.29 is 9.84 Å². The van der Waals surface area contributed by atoms with E-state index in [0.29, 0.717) is 11.8 Å². The standard InChI is InChI=1S/C24H29NO2/c1-5-19(14-24(27-4)18(3)26)11-10-17(2)25-15-21-13-12-20-8-6-7-9-22(20)23(21)16-25/h5-9,12-14,17,26H,3,10-11,15-16H2,1-2,4H3/b19-5-,24-14+/t17-/m1/s1. The highest BCUT2D eigenvalue weighted by Crippen LogP contribution is 2.32. The Labute approximate surface area is 162 Å². The second-order valence-electron chi connectivity index (χ2n) is 7.24. The lowest BCUT2D eigenvalue weighted by Gasteiger charge is -2.24. The third-order valence-corrected chi connectivity index (χ3v) is 5.54. The van der Waals surface area contributed by atoms with Gasteiger partial charge in [0.05, 0.1) is 7.11 Å². The predicted molar refractivity (Wildman–Crippen MR) is 113 cm³/mol. The molecular weight excluding hydrogens is 334 g/mol. The van der Waals surface area contributed by atoms with Crippen LogP contribution in [0.2, 0.25) is 0 Å².